The molecule has 0 bridgehead atoms. The molecule has 0 spiro atoms. The number of hydrogen-bond acceptors (Lipinski definition) is 1. The van der Waals surface area contributed by atoms with Gasteiger partial charge in [-0.15, -0.1) is 0 Å². The van der Waals surface area contributed by atoms with Gasteiger partial charge < -0.3 is 4.90 Å². The van der Waals surface area contributed by atoms with Crippen LogP contribution in [0.1, 0.15) is 23.1 Å². The maximum Gasteiger partial charge on any atom is 0.278 e. The molecular formula is C13H17NOS. The van der Waals surface area contributed by atoms with Crippen molar-refractivity contribution in [2.24, 2.45) is 0 Å². The lowest BCUT2D eigenvalue weighted by molar-refractivity contribution is 0.234. The number of hydrogen-bond donors (Lipinski definition) is 1. The van der Waals surface area contributed by atoms with Crippen LogP contribution in [-0.2, 0) is 19.3 Å². The number of amides is 1. The molecule has 0 saturated carbocycles. The number of nitrogens with zero attached hydrogens (tertiary/aromatic N) is 1. The van der Waals surface area contributed by atoms with Crippen molar-refractivity contribution in [1.29, 1.82) is 0 Å². The summed E-state index contributed by atoms with van der Waals surface area (Å²) in [5.41, 5.74) is 4.32. The third-order valence-electron chi connectivity index (χ3n) is 3.23. The quantitative estimate of drug-likeness (QED) is 0.799. The number of aryl methyl sites for hydroxylation is 2. The van der Waals surface area contributed by atoms with Crippen molar-refractivity contribution < 1.29 is 4.79 Å². The number of likely N-dealkylation sites (N-methyl/N-ethyl adjacent to an activating group) is 1. The summed E-state index contributed by atoms with van der Waals surface area (Å²) in [6.45, 7) is 0.737. The highest BCUT2D eigenvalue weighted by molar-refractivity contribution is 7.96. The Morgan fingerprint density at radius 1 is 1.38 bits per heavy atom. The number of fused-ring (bicyclic) bond motifs is 1. The Morgan fingerprint density at radius 3 is 2.88 bits per heavy atom. The molecular weight excluding hydrogens is 218 g/mol. The summed E-state index contributed by atoms with van der Waals surface area (Å²) in [7, 11) is 1.78. The lowest BCUT2D eigenvalue weighted by atomic mass is 10.0. The normalized spacial score (nSPS) is 13.6. The van der Waals surface area contributed by atoms with Crippen LogP contribution in [0.5, 0.6) is 0 Å². The average molecular weight is 235 g/mol. The highest BCUT2D eigenvalue weighted by Gasteiger charge is 2.11. The van der Waals surface area contributed by atoms with Crippen LogP contribution in [0.4, 0.5) is 4.79 Å². The molecule has 0 N–H and O–H groups in total. The Morgan fingerprint density at radius 2 is 2.12 bits per heavy atom. The molecule has 0 fully saturated rings. The van der Waals surface area contributed by atoms with Gasteiger partial charge in [0.25, 0.3) is 5.24 Å². The number of carbonyl (C=O) groups is 1. The largest absolute Gasteiger partial charge is 0.337 e. The van der Waals surface area contributed by atoms with Crippen LogP contribution in [0, 0.1) is 0 Å². The van der Waals surface area contributed by atoms with Crippen molar-refractivity contribution in [2.45, 2.75) is 25.7 Å². The molecule has 16 heavy (non-hydrogen) atoms. The first-order valence-corrected chi connectivity index (χ1v) is 6.16. The van der Waals surface area contributed by atoms with Crippen LogP contribution in [0.25, 0.3) is 0 Å². The van der Waals surface area contributed by atoms with Gasteiger partial charge in [-0.25, -0.2) is 0 Å². The van der Waals surface area contributed by atoms with Gasteiger partial charge >= 0.3 is 0 Å². The number of carbonyl (C=O) groups excluding carboxylic acids is 1. The van der Waals surface area contributed by atoms with E-state index in [9.17, 15) is 4.79 Å². The van der Waals surface area contributed by atoms with E-state index in [4.69, 9.17) is 0 Å². The smallest absolute Gasteiger partial charge is 0.278 e. The topological polar surface area (TPSA) is 20.3 Å². The van der Waals surface area contributed by atoms with Crippen molar-refractivity contribution >= 4 is 17.9 Å². The molecule has 1 amide bonds. The van der Waals surface area contributed by atoms with Crippen LogP contribution in [0.2, 0.25) is 0 Å². The molecule has 1 aliphatic carbocycles. The van der Waals surface area contributed by atoms with Crippen molar-refractivity contribution in [1.82, 2.24) is 4.90 Å². The first kappa shape index (κ1) is 11.5. The molecule has 0 aliphatic heterocycles. The molecule has 3 heteroatoms. The maximum absolute atomic E-state index is 10.9. The Balaban J connectivity index is 1.98. The molecule has 0 atom stereocenters. The van der Waals surface area contributed by atoms with E-state index in [1.54, 1.807) is 11.9 Å². The highest BCUT2D eigenvalue weighted by Crippen LogP contribution is 2.23. The fourth-order valence-corrected chi connectivity index (χ4v) is 2.27. The van der Waals surface area contributed by atoms with E-state index >= 15 is 0 Å². The molecule has 1 aromatic rings. The summed E-state index contributed by atoms with van der Waals surface area (Å²) < 4.78 is 0. The van der Waals surface area contributed by atoms with Gasteiger partial charge in [0.2, 0.25) is 0 Å². The van der Waals surface area contributed by atoms with E-state index < -0.39 is 0 Å². The lowest BCUT2D eigenvalue weighted by Crippen LogP contribution is -2.23. The molecule has 0 aromatic heterocycles. The Labute approximate surface area is 102 Å². The van der Waals surface area contributed by atoms with E-state index in [-0.39, 0.29) is 5.24 Å². The van der Waals surface area contributed by atoms with E-state index in [0.717, 1.165) is 13.0 Å². The number of benzene rings is 1. The Hall–Kier alpha value is -0.960. The van der Waals surface area contributed by atoms with Crippen LogP contribution in [0.3, 0.4) is 0 Å². The van der Waals surface area contributed by atoms with E-state index in [1.807, 2.05) is 0 Å². The SMILES string of the molecule is CN(CCc1ccc2c(c1)CCC2)C(=O)S. The Kier molecular flexibility index (Phi) is 3.54. The standard InChI is InChI=1S/C13H17NOS/c1-14(13(15)16)8-7-10-5-6-11-3-2-4-12(11)9-10/h5-6,9H,2-4,7-8H2,1H3,(H,15,16). The molecule has 2 nitrogen and oxygen atoms in total. The van der Waals surface area contributed by atoms with Crippen molar-refractivity contribution in [3.05, 3.63) is 34.9 Å². The number of rotatable bonds is 3. The maximum atomic E-state index is 10.9. The molecule has 0 saturated heterocycles. The second-order valence-electron chi connectivity index (χ2n) is 4.41. The van der Waals surface area contributed by atoms with Gasteiger partial charge in [0, 0.05) is 13.6 Å². The average Bonchev–Trinajstić information content (AvgIpc) is 2.72. The predicted octanol–water partition coefficient (Wildman–Crippen LogP) is 2.70. The summed E-state index contributed by atoms with van der Waals surface area (Å²) in [5.74, 6) is 0. The van der Waals surface area contributed by atoms with Gasteiger partial charge in [-0.05, 0) is 42.4 Å². The van der Waals surface area contributed by atoms with Crippen molar-refractivity contribution in [3.63, 3.8) is 0 Å². The molecule has 2 rings (SSSR count). The second-order valence-corrected chi connectivity index (χ2v) is 4.79. The fraction of sp³-hybridized carbons (Fsp3) is 0.462. The van der Waals surface area contributed by atoms with Crippen LogP contribution in [-0.4, -0.2) is 23.7 Å². The van der Waals surface area contributed by atoms with Crippen molar-refractivity contribution in [3.8, 4) is 0 Å². The zero-order valence-electron chi connectivity index (χ0n) is 9.57. The number of thiol groups is 1. The van der Waals surface area contributed by atoms with Crippen molar-refractivity contribution in [2.75, 3.05) is 13.6 Å². The lowest BCUT2D eigenvalue weighted by Gasteiger charge is -2.14. The zero-order chi connectivity index (χ0) is 11.5. The van der Waals surface area contributed by atoms with E-state index in [1.165, 1.54) is 36.0 Å². The summed E-state index contributed by atoms with van der Waals surface area (Å²) >= 11 is 3.79. The monoisotopic (exact) mass is 235 g/mol. The molecule has 86 valence electrons. The highest BCUT2D eigenvalue weighted by atomic mass is 32.1. The minimum Gasteiger partial charge on any atom is -0.337 e. The fourth-order valence-electron chi connectivity index (χ4n) is 2.17. The van der Waals surface area contributed by atoms with Crippen LogP contribution >= 0.6 is 12.6 Å². The minimum atomic E-state index is -0.166. The molecule has 0 radical (unpaired) electrons. The third kappa shape index (κ3) is 2.59. The summed E-state index contributed by atoms with van der Waals surface area (Å²) in [6, 6.07) is 6.71. The summed E-state index contributed by atoms with van der Waals surface area (Å²) in [4.78, 5) is 12.6. The second kappa shape index (κ2) is 4.91. The van der Waals surface area contributed by atoms with Gasteiger partial charge in [-0.1, -0.05) is 30.8 Å². The zero-order valence-corrected chi connectivity index (χ0v) is 10.5. The van der Waals surface area contributed by atoms with Gasteiger partial charge in [0.1, 0.15) is 0 Å². The van der Waals surface area contributed by atoms with Gasteiger partial charge in [-0.2, -0.15) is 0 Å². The molecule has 1 aromatic carbocycles. The first-order valence-electron chi connectivity index (χ1n) is 5.71. The minimum absolute atomic E-state index is 0.166. The van der Waals surface area contributed by atoms with Gasteiger partial charge in [0.05, 0.1) is 0 Å². The van der Waals surface area contributed by atoms with Gasteiger partial charge in [0.15, 0.2) is 0 Å². The summed E-state index contributed by atoms with van der Waals surface area (Å²) in [5, 5.41) is -0.166. The van der Waals surface area contributed by atoms with E-state index in [0.29, 0.717) is 0 Å². The van der Waals surface area contributed by atoms with Crippen LogP contribution in [0.15, 0.2) is 18.2 Å². The van der Waals surface area contributed by atoms with Crippen LogP contribution < -0.4 is 0 Å². The molecule has 0 unspecified atom stereocenters. The van der Waals surface area contributed by atoms with Gasteiger partial charge in [-0.3, -0.25) is 4.79 Å². The predicted molar refractivity (Wildman–Crippen MR) is 69.2 cm³/mol. The molecule has 1 aliphatic rings. The summed E-state index contributed by atoms with van der Waals surface area (Å²) in [6.07, 6.45) is 4.64. The first-order chi connectivity index (χ1) is 7.66. The molecule has 0 heterocycles. The Bertz CT molecular complexity index is 403. The van der Waals surface area contributed by atoms with E-state index in [2.05, 4.69) is 30.8 Å². The third-order valence-corrected chi connectivity index (χ3v) is 3.57.